The van der Waals surface area contributed by atoms with E-state index in [9.17, 15) is 9.59 Å². The zero-order valence-corrected chi connectivity index (χ0v) is 22.7. The fourth-order valence-electron chi connectivity index (χ4n) is 5.17. The molecule has 1 amide bonds. The molecule has 0 saturated heterocycles. The van der Waals surface area contributed by atoms with Gasteiger partial charge in [0.2, 0.25) is 5.91 Å². The molecule has 2 aromatic heterocycles. The van der Waals surface area contributed by atoms with E-state index in [1.165, 1.54) is 0 Å². The molecule has 5 rings (SSSR count). The number of benzene rings is 3. The first-order valence-electron chi connectivity index (χ1n) is 13.5. The monoisotopic (exact) mass is 539 g/mol. The summed E-state index contributed by atoms with van der Waals surface area (Å²) in [5.74, 6) is 0.939. The van der Waals surface area contributed by atoms with E-state index in [1.54, 1.807) is 7.11 Å². The summed E-state index contributed by atoms with van der Waals surface area (Å²) in [4.78, 5) is 32.4. The van der Waals surface area contributed by atoms with Crippen LogP contribution in [0.1, 0.15) is 55.2 Å². The molecule has 3 aromatic carbocycles. The predicted molar refractivity (Wildman–Crippen MR) is 154 cm³/mol. The Morgan fingerprint density at radius 3 is 2.67 bits per heavy atom. The van der Waals surface area contributed by atoms with Gasteiger partial charge in [-0.05, 0) is 54.3 Å². The van der Waals surface area contributed by atoms with Crippen molar-refractivity contribution in [3.63, 3.8) is 0 Å². The van der Waals surface area contributed by atoms with Gasteiger partial charge in [-0.25, -0.2) is 4.98 Å². The van der Waals surface area contributed by atoms with Crippen molar-refractivity contribution in [2.24, 2.45) is 0 Å². The molecule has 0 bridgehead atoms. The van der Waals surface area contributed by atoms with Gasteiger partial charge in [0, 0.05) is 28.6 Å². The maximum atomic E-state index is 13.4. The number of fused-ring (bicyclic) bond motifs is 2. The van der Waals surface area contributed by atoms with Gasteiger partial charge >= 0.3 is 5.97 Å². The summed E-state index contributed by atoms with van der Waals surface area (Å²) in [5.41, 5.74) is 3.71. The molecule has 0 radical (unpaired) electrons. The van der Waals surface area contributed by atoms with E-state index in [2.05, 4.69) is 32.6 Å². The van der Waals surface area contributed by atoms with Crippen LogP contribution in [0.3, 0.4) is 0 Å². The van der Waals surface area contributed by atoms with Crippen LogP contribution in [0.4, 0.5) is 0 Å². The first kappa shape index (κ1) is 26.9. The quantitative estimate of drug-likeness (QED) is 0.147. The summed E-state index contributed by atoms with van der Waals surface area (Å²) in [5, 5.41) is 22.8. The third kappa shape index (κ3) is 5.98. The van der Waals surface area contributed by atoms with E-state index in [-0.39, 0.29) is 18.7 Å². The van der Waals surface area contributed by atoms with Crippen molar-refractivity contribution in [3.8, 4) is 17.1 Å². The van der Waals surface area contributed by atoms with Crippen LogP contribution in [0, 0.1) is 6.92 Å². The van der Waals surface area contributed by atoms with E-state index in [1.807, 2.05) is 55.5 Å². The highest BCUT2D eigenvalue weighted by atomic mass is 16.5. The van der Waals surface area contributed by atoms with Crippen molar-refractivity contribution < 1.29 is 19.4 Å². The van der Waals surface area contributed by atoms with Gasteiger partial charge in [0.1, 0.15) is 11.6 Å². The van der Waals surface area contributed by atoms with Crippen molar-refractivity contribution in [3.05, 3.63) is 77.7 Å². The van der Waals surface area contributed by atoms with Crippen LogP contribution in [0.15, 0.2) is 60.7 Å². The average Bonchev–Trinajstić information content (AvgIpc) is 3.56. The SMILES string of the molecule is COc1ccc2[nH]c(C)c(CC(=O)N[C@@H](CCCCCC(=O)O)c3nc(-c4cccc5ccccc45)n[nH]3)c2c1. The third-order valence-electron chi connectivity index (χ3n) is 7.25. The number of carboxylic acids is 1. The molecule has 2 heterocycles. The molecule has 40 heavy (non-hydrogen) atoms. The number of aromatic amines is 2. The Balaban J connectivity index is 1.37. The second-order valence-corrected chi connectivity index (χ2v) is 10.0. The van der Waals surface area contributed by atoms with Gasteiger partial charge in [0.05, 0.1) is 19.6 Å². The highest BCUT2D eigenvalue weighted by Gasteiger charge is 2.21. The number of hydrogen-bond donors (Lipinski definition) is 4. The fraction of sp³-hybridized carbons (Fsp3) is 0.290. The van der Waals surface area contributed by atoms with Crippen LogP contribution in [-0.2, 0) is 16.0 Å². The summed E-state index contributed by atoms with van der Waals surface area (Å²) >= 11 is 0. The number of ether oxygens (including phenoxy) is 1. The number of rotatable bonds is 12. The van der Waals surface area contributed by atoms with Crippen molar-refractivity contribution >= 4 is 33.6 Å². The Kier molecular flexibility index (Phi) is 8.10. The smallest absolute Gasteiger partial charge is 0.303 e. The van der Waals surface area contributed by atoms with E-state index >= 15 is 0 Å². The molecule has 206 valence electrons. The molecule has 0 saturated carbocycles. The lowest BCUT2D eigenvalue weighted by Gasteiger charge is -2.16. The van der Waals surface area contributed by atoms with Crippen LogP contribution in [0.2, 0.25) is 0 Å². The first-order valence-corrected chi connectivity index (χ1v) is 13.5. The highest BCUT2D eigenvalue weighted by Crippen LogP contribution is 2.29. The van der Waals surface area contributed by atoms with Crippen molar-refractivity contribution in [1.29, 1.82) is 0 Å². The normalized spacial score (nSPS) is 12.1. The number of aromatic nitrogens is 4. The number of nitrogens with one attached hydrogen (secondary N) is 3. The molecule has 0 aliphatic heterocycles. The van der Waals surface area contributed by atoms with Crippen LogP contribution in [-0.4, -0.2) is 44.3 Å². The number of hydrogen-bond acceptors (Lipinski definition) is 5. The topological polar surface area (TPSA) is 133 Å². The fourth-order valence-corrected chi connectivity index (χ4v) is 5.17. The van der Waals surface area contributed by atoms with Gasteiger partial charge in [-0.1, -0.05) is 55.3 Å². The summed E-state index contributed by atoms with van der Waals surface area (Å²) < 4.78 is 5.39. The number of aryl methyl sites for hydroxylation is 1. The molecule has 1 atom stereocenters. The minimum atomic E-state index is -0.800. The van der Waals surface area contributed by atoms with Gasteiger partial charge < -0.3 is 20.1 Å². The number of H-pyrrole nitrogens is 2. The maximum Gasteiger partial charge on any atom is 0.303 e. The minimum Gasteiger partial charge on any atom is -0.497 e. The van der Waals surface area contributed by atoms with Crippen LogP contribution >= 0.6 is 0 Å². The van der Waals surface area contributed by atoms with Crippen molar-refractivity contribution in [2.45, 2.75) is 51.5 Å². The zero-order valence-electron chi connectivity index (χ0n) is 22.7. The molecule has 9 heteroatoms. The molecule has 0 aliphatic rings. The summed E-state index contributed by atoms with van der Waals surface area (Å²) in [6.45, 7) is 1.96. The molecule has 0 unspecified atom stereocenters. The molecular formula is C31H33N5O4. The number of carbonyl (C=O) groups excluding carboxylic acids is 1. The second-order valence-electron chi connectivity index (χ2n) is 10.0. The highest BCUT2D eigenvalue weighted by molar-refractivity contribution is 5.95. The van der Waals surface area contributed by atoms with Gasteiger partial charge in [0.25, 0.3) is 0 Å². The molecular weight excluding hydrogens is 506 g/mol. The lowest BCUT2D eigenvalue weighted by atomic mass is 10.0. The third-order valence-corrected chi connectivity index (χ3v) is 7.25. The number of carbonyl (C=O) groups is 2. The van der Waals surface area contributed by atoms with Gasteiger partial charge in [-0.3, -0.25) is 14.7 Å². The second kappa shape index (κ2) is 12.0. The lowest BCUT2D eigenvalue weighted by Crippen LogP contribution is -2.30. The molecule has 5 aromatic rings. The summed E-state index contributed by atoms with van der Waals surface area (Å²) in [6.07, 6.45) is 3.00. The molecule has 0 fully saturated rings. The van der Waals surface area contributed by atoms with Crippen molar-refractivity contribution in [1.82, 2.24) is 25.5 Å². The minimum absolute atomic E-state index is 0.133. The Morgan fingerprint density at radius 1 is 1.02 bits per heavy atom. The van der Waals surface area contributed by atoms with Gasteiger partial charge in [0.15, 0.2) is 5.82 Å². The number of nitrogens with zero attached hydrogens (tertiary/aromatic N) is 2. The van der Waals surface area contributed by atoms with E-state index in [0.29, 0.717) is 24.5 Å². The standard InChI is InChI=1S/C31H33N5O4/c1-19-24(25-17-21(40-2)15-16-26(25)32-19)18-28(37)33-27(13-4-3-5-14-29(38)39)31-34-30(35-36-31)23-12-8-10-20-9-6-7-11-22(20)23/h6-12,15-17,27,32H,3-5,13-14,18H2,1-2H3,(H,33,37)(H,38,39)(H,34,35,36)/t27-/m0/s1. The van der Waals surface area contributed by atoms with Crippen molar-refractivity contribution in [2.75, 3.05) is 7.11 Å². The Hall–Kier alpha value is -4.66. The Morgan fingerprint density at radius 2 is 1.85 bits per heavy atom. The largest absolute Gasteiger partial charge is 0.497 e. The van der Waals surface area contributed by atoms with Gasteiger partial charge in [-0.15, -0.1) is 0 Å². The summed E-state index contributed by atoms with van der Waals surface area (Å²) in [7, 11) is 1.62. The van der Waals surface area contributed by atoms with Crippen LogP contribution < -0.4 is 10.1 Å². The Labute approximate surface area is 232 Å². The average molecular weight is 540 g/mol. The molecule has 0 spiro atoms. The van der Waals surface area contributed by atoms with Crippen LogP contribution in [0.5, 0.6) is 5.75 Å². The number of aliphatic carboxylic acids is 1. The molecule has 9 nitrogen and oxygen atoms in total. The number of amides is 1. The van der Waals surface area contributed by atoms with Crippen LogP contribution in [0.25, 0.3) is 33.1 Å². The van der Waals surface area contributed by atoms with E-state index in [0.717, 1.165) is 57.1 Å². The maximum absolute atomic E-state index is 13.4. The first-order chi connectivity index (χ1) is 19.4. The zero-order chi connectivity index (χ0) is 28.1. The number of unbranched alkanes of at least 4 members (excludes halogenated alkanes) is 2. The Bertz CT molecular complexity index is 1650. The summed E-state index contributed by atoms with van der Waals surface area (Å²) in [6, 6.07) is 19.5. The van der Waals surface area contributed by atoms with Gasteiger partial charge in [-0.2, -0.15) is 5.10 Å². The number of methoxy groups -OCH3 is 1. The molecule has 4 N–H and O–H groups in total. The number of carboxylic acid groups (broad SMARTS) is 1. The predicted octanol–water partition coefficient (Wildman–Crippen LogP) is 5.86. The molecule has 0 aliphatic carbocycles. The van der Waals surface area contributed by atoms with E-state index in [4.69, 9.17) is 14.8 Å². The van der Waals surface area contributed by atoms with E-state index < -0.39 is 12.0 Å². The lowest BCUT2D eigenvalue weighted by molar-refractivity contribution is -0.137.